The van der Waals surface area contributed by atoms with Crippen LogP contribution in [-0.4, -0.2) is 22.3 Å². The van der Waals surface area contributed by atoms with Crippen LogP contribution in [-0.2, 0) is 20.7 Å². The van der Waals surface area contributed by atoms with Crippen LogP contribution in [0.2, 0.25) is 5.02 Å². The summed E-state index contributed by atoms with van der Waals surface area (Å²) in [5.74, 6) is -1.98. The van der Waals surface area contributed by atoms with Crippen molar-refractivity contribution < 1.29 is 27.4 Å². The van der Waals surface area contributed by atoms with Crippen LogP contribution in [0, 0.1) is 0 Å². The van der Waals surface area contributed by atoms with Crippen molar-refractivity contribution in [2.45, 2.75) is 32.2 Å². The Kier molecular flexibility index (Phi) is 4.74. The van der Waals surface area contributed by atoms with E-state index < -0.39 is 24.4 Å². The van der Waals surface area contributed by atoms with Gasteiger partial charge in [-0.25, -0.2) is 4.79 Å². The van der Waals surface area contributed by atoms with Gasteiger partial charge in [0.05, 0.1) is 23.8 Å². The molecule has 2 heterocycles. The van der Waals surface area contributed by atoms with E-state index in [2.05, 4.69) is 4.37 Å². The molecule has 1 aromatic carbocycles. The maximum atomic E-state index is 13.0. The van der Waals surface area contributed by atoms with Gasteiger partial charge in [0, 0.05) is 29.3 Å². The summed E-state index contributed by atoms with van der Waals surface area (Å²) in [6, 6.07) is 6.51. The zero-order valence-corrected chi connectivity index (χ0v) is 15.3. The molecule has 0 N–H and O–H groups in total. The molecule has 2 aromatic rings. The molecule has 0 atom stereocenters. The Bertz CT molecular complexity index is 872. The van der Waals surface area contributed by atoms with E-state index in [1.807, 2.05) is 0 Å². The lowest BCUT2D eigenvalue weighted by Gasteiger charge is -2.31. The van der Waals surface area contributed by atoms with E-state index in [9.17, 15) is 18.0 Å². The number of rotatable bonds is 3. The lowest BCUT2D eigenvalue weighted by atomic mass is 10.0. The third kappa shape index (κ3) is 4.19. The van der Waals surface area contributed by atoms with Gasteiger partial charge in [0.15, 0.2) is 0 Å². The van der Waals surface area contributed by atoms with Gasteiger partial charge in [0.25, 0.3) is 0 Å². The Balaban J connectivity index is 2.15. The number of cyclic esters (lactones) is 1. The van der Waals surface area contributed by atoms with Crippen molar-refractivity contribution in [2.75, 3.05) is 0 Å². The number of hydrogen-bond donors (Lipinski definition) is 0. The van der Waals surface area contributed by atoms with E-state index in [4.69, 9.17) is 21.1 Å². The second kappa shape index (κ2) is 6.59. The lowest BCUT2D eigenvalue weighted by Crippen LogP contribution is -2.34. The number of carbonyl (C=O) groups excluding carboxylic acids is 1. The molecule has 26 heavy (non-hydrogen) atoms. The van der Waals surface area contributed by atoms with E-state index in [-0.39, 0.29) is 16.2 Å². The first-order valence-electron chi connectivity index (χ1n) is 7.49. The molecule has 0 saturated heterocycles. The molecule has 3 rings (SSSR count). The van der Waals surface area contributed by atoms with E-state index in [1.165, 1.54) is 13.8 Å². The molecule has 0 aliphatic carbocycles. The molecule has 0 saturated carbocycles. The largest absolute Gasteiger partial charge is 0.452 e. The fraction of sp³-hybridized carbons (Fsp3) is 0.294. The lowest BCUT2D eigenvalue weighted by molar-refractivity contribution is -0.193. The fourth-order valence-corrected chi connectivity index (χ4v) is 3.54. The zero-order valence-electron chi connectivity index (χ0n) is 13.7. The first kappa shape index (κ1) is 18.7. The molecular weight excluding hydrogens is 391 g/mol. The van der Waals surface area contributed by atoms with E-state index >= 15 is 0 Å². The minimum absolute atomic E-state index is 0.00389. The normalized spacial score (nSPS) is 16.7. The fourth-order valence-electron chi connectivity index (χ4n) is 2.50. The van der Waals surface area contributed by atoms with Crippen molar-refractivity contribution in [3.8, 4) is 11.3 Å². The number of carbonyl (C=O) groups is 1. The van der Waals surface area contributed by atoms with Crippen LogP contribution < -0.4 is 0 Å². The predicted octanol–water partition coefficient (Wildman–Crippen LogP) is 5.22. The average Bonchev–Trinajstić information content (AvgIpc) is 2.87. The van der Waals surface area contributed by atoms with Gasteiger partial charge in [-0.2, -0.15) is 17.5 Å². The summed E-state index contributed by atoms with van der Waals surface area (Å²) in [6.45, 7) is 3.01. The summed E-state index contributed by atoms with van der Waals surface area (Å²) in [7, 11) is 0. The van der Waals surface area contributed by atoms with Crippen LogP contribution in [0.3, 0.4) is 0 Å². The highest BCUT2D eigenvalue weighted by atomic mass is 35.5. The van der Waals surface area contributed by atoms with Crippen molar-refractivity contribution in [3.05, 3.63) is 45.8 Å². The number of benzene rings is 1. The number of alkyl halides is 3. The van der Waals surface area contributed by atoms with Gasteiger partial charge in [-0.05, 0) is 23.7 Å². The first-order valence-corrected chi connectivity index (χ1v) is 8.64. The Morgan fingerprint density at radius 2 is 1.85 bits per heavy atom. The molecule has 0 amide bonds. The van der Waals surface area contributed by atoms with Gasteiger partial charge in [-0.3, -0.25) is 0 Å². The van der Waals surface area contributed by atoms with Crippen LogP contribution in [0.4, 0.5) is 13.2 Å². The number of esters is 1. The average molecular weight is 404 g/mol. The summed E-state index contributed by atoms with van der Waals surface area (Å²) in [4.78, 5) is 11.8. The zero-order chi connectivity index (χ0) is 19.1. The summed E-state index contributed by atoms with van der Waals surface area (Å²) >= 11 is 6.59. The van der Waals surface area contributed by atoms with Gasteiger partial charge in [0.1, 0.15) is 5.76 Å². The minimum Gasteiger partial charge on any atom is -0.452 e. The van der Waals surface area contributed by atoms with Crippen molar-refractivity contribution in [2.24, 2.45) is 0 Å². The molecule has 1 aliphatic rings. The maximum Gasteiger partial charge on any atom is 0.393 e. The predicted molar refractivity (Wildman–Crippen MR) is 91.6 cm³/mol. The number of nitrogens with zero attached hydrogens (tertiary/aromatic N) is 1. The van der Waals surface area contributed by atoms with Crippen LogP contribution in [0.25, 0.3) is 17.0 Å². The van der Waals surface area contributed by atoms with Crippen LogP contribution in [0.1, 0.15) is 24.3 Å². The Morgan fingerprint density at radius 1 is 1.19 bits per heavy atom. The molecule has 0 bridgehead atoms. The summed E-state index contributed by atoms with van der Waals surface area (Å²) < 4.78 is 53.8. The third-order valence-electron chi connectivity index (χ3n) is 3.44. The first-order chi connectivity index (χ1) is 12.0. The van der Waals surface area contributed by atoms with E-state index in [0.29, 0.717) is 16.3 Å². The van der Waals surface area contributed by atoms with Gasteiger partial charge < -0.3 is 9.47 Å². The van der Waals surface area contributed by atoms with Crippen molar-refractivity contribution in [3.63, 3.8) is 0 Å². The maximum absolute atomic E-state index is 13.0. The monoisotopic (exact) mass is 403 g/mol. The molecule has 4 nitrogen and oxygen atoms in total. The molecule has 0 radical (unpaired) electrons. The minimum atomic E-state index is -4.43. The second-order valence-electron chi connectivity index (χ2n) is 6.06. The number of aromatic nitrogens is 1. The molecule has 138 valence electrons. The molecular formula is C17H13ClF3NO3S. The topological polar surface area (TPSA) is 48.4 Å². The highest BCUT2D eigenvalue weighted by molar-refractivity contribution is 7.06. The summed E-state index contributed by atoms with van der Waals surface area (Å²) in [5, 5.41) is 0.485. The highest BCUT2D eigenvalue weighted by Crippen LogP contribution is 2.40. The van der Waals surface area contributed by atoms with Crippen LogP contribution in [0.5, 0.6) is 0 Å². The van der Waals surface area contributed by atoms with Crippen molar-refractivity contribution in [1.82, 2.24) is 4.37 Å². The molecule has 1 aliphatic heterocycles. The van der Waals surface area contributed by atoms with Gasteiger partial charge in [-0.1, -0.05) is 23.7 Å². The molecule has 9 heteroatoms. The third-order valence-corrected chi connectivity index (χ3v) is 4.53. The standard InChI is InChI=1S/C17H13ClF3NO3S/c1-16(2)24-11(7-13(23)25-16)14-12(8-17(19,20)21)26-22-15(14)9-3-5-10(18)6-4-9/h3-7H,8H2,1-2H3. The van der Waals surface area contributed by atoms with E-state index in [0.717, 1.165) is 17.6 Å². The second-order valence-corrected chi connectivity index (χ2v) is 7.35. The Labute approximate surface area is 156 Å². The SMILES string of the molecule is CC1(C)OC(=O)C=C(c2c(-c3ccc(Cl)cc3)nsc2CC(F)(F)F)O1. The highest BCUT2D eigenvalue weighted by Gasteiger charge is 2.37. The molecule has 1 aromatic heterocycles. The molecule has 0 unspecified atom stereocenters. The van der Waals surface area contributed by atoms with Crippen molar-refractivity contribution >= 4 is 34.9 Å². The smallest absolute Gasteiger partial charge is 0.393 e. The van der Waals surface area contributed by atoms with Crippen LogP contribution in [0.15, 0.2) is 30.3 Å². The van der Waals surface area contributed by atoms with E-state index in [1.54, 1.807) is 24.3 Å². The Morgan fingerprint density at radius 3 is 2.42 bits per heavy atom. The van der Waals surface area contributed by atoms with Gasteiger partial charge >= 0.3 is 12.1 Å². The number of halogens is 4. The summed E-state index contributed by atoms with van der Waals surface area (Å²) in [5.41, 5.74) is 0.998. The van der Waals surface area contributed by atoms with Gasteiger partial charge in [-0.15, -0.1) is 0 Å². The molecule has 0 fully saturated rings. The summed E-state index contributed by atoms with van der Waals surface area (Å²) in [6.07, 6.45) is -4.57. The Hall–Kier alpha value is -2.06. The number of ether oxygens (including phenoxy) is 2. The molecule has 0 spiro atoms. The van der Waals surface area contributed by atoms with Crippen molar-refractivity contribution in [1.29, 1.82) is 0 Å². The van der Waals surface area contributed by atoms with Crippen LogP contribution >= 0.6 is 23.1 Å². The number of hydrogen-bond acceptors (Lipinski definition) is 5. The quantitative estimate of drug-likeness (QED) is 0.659. The van der Waals surface area contributed by atoms with Gasteiger partial charge in [0.2, 0.25) is 5.79 Å².